The third-order valence-electron chi connectivity index (χ3n) is 5.48. The third-order valence-corrected chi connectivity index (χ3v) is 5.74. The third kappa shape index (κ3) is 4.29. The molecule has 0 bridgehead atoms. The van der Waals surface area contributed by atoms with Gasteiger partial charge in [-0.3, -0.25) is 9.59 Å². The Bertz CT molecular complexity index is 690. The van der Waals surface area contributed by atoms with Crippen LogP contribution in [0.25, 0.3) is 6.08 Å². The van der Waals surface area contributed by atoms with Gasteiger partial charge in [-0.2, -0.15) is 0 Å². The largest absolute Gasteiger partial charge is 0.341 e. The van der Waals surface area contributed by atoms with Gasteiger partial charge in [-0.1, -0.05) is 30.7 Å². The minimum absolute atomic E-state index is 0.0406. The standard InChI is InChI=1S/C21H27ClN2O2/c1-15-9-12-23(13-10-15)21(26)19-4-3-11-24(19)20(25)16(2)14-17-5-7-18(22)8-6-17/h5-8,14-15,19H,3-4,9-13H2,1-2H3/b16-14+/t19-/m0/s1. The Morgan fingerprint density at radius 2 is 1.73 bits per heavy atom. The lowest BCUT2D eigenvalue weighted by atomic mass is 9.98. The van der Waals surface area contributed by atoms with Crippen LogP contribution in [0, 0.1) is 5.92 Å². The van der Waals surface area contributed by atoms with Gasteiger partial charge in [0.05, 0.1) is 0 Å². The van der Waals surface area contributed by atoms with Gasteiger partial charge in [0, 0.05) is 30.2 Å². The lowest BCUT2D eigenvalue weighted by molar-refractivity contribution is -0.143. The molecule has 0 saturated carbocycles. The molecular weight excluding hydrogens is 348 g/mol. The Morgan fingerprint density at radius 1 is 1.08 bits per heavy atom. The van der Waals surface area contributed by atoms with Crippen molar-refractivity contribution in [3.63, 3.8) is 0 Å². The van der Waals surface area contributed by atoms with E-state index in [0.29, 0.717) is 23.1 Å². The van der Waals surface area contributed by atoms with Gasteiger partial charge >= 0.3 is 0 Å². The van der Waals surface area contributed by atoms with Crippen LogP contribution in [0.1, 0.15) is 45.1 Å². The molecule has 2 saturated heterocycles. The summed E-state index contributed by atoms with van der Waals surface area (Å²) >= 11 is 5.91. The van der Waals surface area contributed by atoms with Crippen molar-refractivity contribution in [1.82, 2.24) is 9.80 Å². The number of hydrogen-bond donors (Lipinski definition) is 0. The summed E-state index contributed by atoms with van der Waals surface area (Å²) in [7, 11) is 0. The van der Waals surface area contributed by atoms with Gasteiger partial charge in [0.2, 0.25) is 11.8 Å². The number of nitrogens with zero attached hydrogens (tertiary/aromatic N) is 2. The molecular formula is C21H27ClN2O2. The summed E-state index contributed by atoms with van der Waals surface area (Å²) in [6, 6.07) is 7.10. The molecule has 5 heteroatoms. The molecule has 2 aliphatic heterocycles. The van der Waals surface area contributed by atoms with Crippen LogP contribution in [0.15, 0.2) is 29.8 Å². The number of halogens is 1. The highest BCUT2D eigenvalue weighted by Crippen LogP contribution is 2.25. The molecule has 0 radical (unpaired) electrons. The molecule has 1 atom stereocenters. The van der Waals surface area contributed by atoms with E-state index in [4.69, 9.17) is 11.6 Å². The van der Waals surface area contributed by atoms with Gasteiger partial charge in [-0.15, -0.1) is 0 Å². The maximum Gasteiger partial charge on any atom is 0.250 e. The number of amides is 2. The molecule has 140 valence electrons. The van der Waals surface area contributed by atoms with E-state index in [2.05, 4.69) is 6.92 Å². The Hall–Kier alpha value is -1.81. The van der Waals surface area contributed by atoms with E-state index < -0.39 is 0 Å². The Morgan fingerprint density at radius 3 is 2.38 bits per heavy atom. The lowest BCUT2D eigenvalue weighted by Gasteiger charge is -2.34. The van der Waals surface area contributed by atoms with Crippen LogP contribution in [0.5, 0.6) is 0 Å². The number of rotatable bonds is 3. The minimum Gasteiger partial charge on any atom is -0.341 e. The summed E-state index contributed by atoms with van der Waals surface area (Å²) in [5, 5.41) is 0.673. The highest BCUT2D eigenvalue weighted by atomic mass is 35.5. The van der Waals surface area contributed by atoms with Crippen LogP contribution < -0.4 is 0 Å². The van der Waals surface area contributed by atoms with E-state index in [1.54, 1.807) is 4.90 Å². The molecule has 26 heavy (non-hydrogen) atoms. The Balaban J connectivity index is 1.69. The number of hydrogen-bond acceptors (Lipinski definition) is 2. The van der Waals surface area contributed by atoms with E-state index in [1.165, 1.54) is 0 Å². The van der Waals surface area contributed by atoms with E-state index in [9.17, 15) is 9.59 Å². The predicted octanol–water partition coefficient (Wildman–Crippen LogP) is 3.99. The fourth-order valence-corrected chi connectivity index (χ4v) is 3.93. The zero-order chi connectivity index (χ0) is 18.7. The molecule has 2 amide bonds. The first-order valence-electron chi connectivity index (χ1n) is 9.49. The average molecular weight is 375 g/mol. The summed E-state index contributed by atoms with van der Waals surface area (Å²) < 4.78 is 0. The molecule has 2 fully saturated rings. The van der Waals surface area contributed by atoms with Crippen molar-refractivity contribution in [1.29, 1.82) is 0 Å². The molecule has 3 rings (SSSR count). The second kappa shape index (κ2) is 8.26. The lowest BCUT2D eigenvalue weighted by Crippen LogP contribution is -2.50. The number of likely N-dealkylation sites (tertiary alicyclic amines) is 2. The highest BCUT2D eigenvalue weighted by molar-refractivity contribution is 6.30. The Kier molecular flexibility index (Phi) is 6.02. The number of benzene rings is 1. The van der Waals surface area contributed by atoms with E-state index in [1.807, 2.05) is 42.2 Å². The van der Waals surface area contributed by atoms with Gasteiger partial charge in [0.15, 0.2) is 0 Å². The predicted molar refractivity (Wildman–Crippen MR) is 105 cm³/mol. The average Bonchev–Trinajstić information content (AvgIpc) is 3.12. The van der Waals surface area contributed by atoms with Gasteiger partial charge in [0.1, 0.15) is 6.04 Å². The zero-order valence-corrected chi connectivity index (χ0v) is 16.3. The molecule has 2 heterocycles. The van der Waals surface area contributed by atoms with Crippen LogP contribution in [0.3, 0.4) is 0 Å². The van der Waals surface area contributed by atoms with Crippen molar-refractivity contribution in [3.8, 4) is 0 Å². The van der Waals surface area contributed by atoms with Crippen molar-refractivity contribution in [2.45, 2.75) is 45.6 Å². The fraction of sp³-hybridized carbons (Fsp3) is 0.524. The normalized spacial score (nSPS) is 22.0. The van der Waals surface area contributed by atoms with E-state index in [-0.39, 0.29) is 17.9 Å². The molecule has 0 N–H and O–H groups in total. The second-order valence-electron chi connectivity index (χ2n) is 7.54. The van der Waals surface area contributed by atoms with Crippen molar-refractivity contribution in [2.24, 2.45) is 5.92 Å². The topological polar surface area (TPSA) is 40.6 Å². The molecule has 0 unspecified atom stereocenters. The van der Waals surface area contributed by atoms with Crippen LogP contribution >= 0.6 is 11.6 Å². The Labute approximate surface area is 160 Å². The number of carbonyl (C=O) groups is 2. The second-order valence-corrected chi connectivity index (χ2v) is 7.98. The van der Waals surface area contributed by atoms with Gasteiger partial charge < -0.3 is 9.80 Å². The van der Waals surface area contributed by atoms with Crippen molar-refractivity contribution in [3.05, 3.63) is 40.4 Å². The van der Waals surface area contributed by atoms with Crippen molar-refractivity contribution in [2.75, 3.05) is 19.6 Å². The quantitative estimate of drug-likeness (QED) is 0.750. The maximum absolute atomic E-state index is 12.9. The molecule has 1 aromatic rings. The van der Waals surface area contributed by atoms with Crippen molar-refractivity contribution < 1.29 is 9.59 Å². The smallest absolute Gasteiger partial charge is 0.250 e. The molecule has 0 aromatic heterocycles. The first-order valence-corrected chi connectivity index (χ1v) is 9.87. The van der Waals surface area contributed by atoms with E-state index >= 15 is 0 Å². The first-order chi connectivity index (χ1) is 12.5. The SMILES string of the molecule is C/C(=C\c1ccc(Cl)cc1)C(=O)N1CCC[C@H]1C(=O)N1CCC(C)CC1. The van der Waals surface area contributed by atoms with Gasteiger partial charge in [-0.05, 0) is 62.3 Å². The highest BCUT2D eigenvalue weighted by Gasteiger charge is 2.37. The van der Waals surface area contributed by atoms with Crippen LogP contribution in [0.2, 0.25) is 5.02 Å². The summed E-state index contributed by atoms with van der Waals surface area (Å²) in [5.74, 6) is 0.771. The molecule has 4 nitrogen and oxygen atoms in total. The minimum atomic E-state index is -0.301. The number of carbonyl (C=O) groups excluding carboxylic acids is 2. The molecule has 0 aliphatic carbocycles. The van der Waals surface area contributed by atoms with Crippen LogP contribution in [0.4, 0.5) is 0 Å². The van der Waals surface area contributed by atoms with Crippen LogP contribution in [-0.2, 0) is 9.59 Å². The maximum atomic E-state index is 12.9. The first kappa shape index (κ1) is 19.0. The molecule has 2 aliphatic rings. The molecule has 0 spiro atoms. The van der Waals surface area contributed by atoms with Gasteiger partial charge in [0.25, 0.3) is 0 Å². The van der Waals surface area contributed by atoms with Crippen LogP contribution in [-0.4, -0.2) is 47.3 Å². The molecule has 1 aromatic carbocycles. The fourth-order valence-electron chi connectivity index (χ4n) is 3.80. The summed E-state index contributed by atoms with van der Waals surface area (Å²) in [6.45, 7) is 6.35. The number of piperidine rings is 1. The zero-order valence-electron chi connectivity index (χ0n) is 15.6. The van der Waals surface area contributed by atoms with E-state index in [0.717, 1.165) is 44.3 Å². The van der Waals surface area contributed by atoms with Gasteiger partial charge in [-0.25, -0.2) is 0 Å². The summed E-state index contributed by atoms with van der Waals surface area (Å²) in [5.41, 5.74) is 1.59. The summed E-state index contributed by atoms with van der Waals surface area (Å²) in [4.78, 5) is 29.6. The van der Waals surface area contributed by atoms with Crippen molar-refractivity contribution >= 4 is 29.5 Å². The summed E-state index contributed by atoms with van der Waals surface area (Å²) in [6.07, 6.45) is 5.64. The monoisotopic (exact) mass is 374 g/mol.